The third kappa shape index (κ3) is 6.18. The minimum absolute atomic E-state index is 0. The van der Waals surface area contributed by atoms with Crippen LogP contribution in [-0.4, -0.2) is 31.3 Å². The van der Waals surface area contributed by atoms with Crippen LogP contribution in [0.5, 0.6) is 0 Å². The molecule has 1 atom stereocenters. The molecule has 25 heavy (non-hydrogen) atoms. The van der Waals surface area contributed by atoms with Crippen molar-refractivity contribution in [2.24, 2.45) is 5.92 Å². The first-order valence-corrected chi connectivity index (χ1v) is 7.67. The molecule has 0 aromatic heterocycles. The lowest BCUT2D eigenvalue weighted by atomic mass is 9.90. The summed E-state index contributed by atoms with van der Waals surface area (Å²) in [5.74, 6) is -0.662. The highest BCUT2D eigenvalue weighted by atomic mass is 35.5. The molecule has 6 heteroatoms. The van der Waals surface area contributed by atoms with Gasteiger partial charge in [0, 0.05) is 18.0 Å². The Labute approximate surface area is 152 Å². The van der Waals surface area contributed by atoms with Crippen LogP contribution in [0.25, 0.3) is 0 Å². The van der Waals surface area contributed by atoms with E-state index in [1.807, 2.05) is 49.3 Å². The van der Waals surface area contributed by atoms with E-state index in [0.717, 1.165) is 17.7 Å². The van der Waals surface area contributed by atoms with Gasteiger partial charge in [-0.05, 0) is 38.2 Å². The number of benzene rings is 2. The molecule has 0 spiro atoms. The van der Waals surface area contributed by atoms with Crippen molar-refractivity contribution in [3.8, 4) is 0 Å². The largest absolute Gasteiger partial charge is 0.416 e. The predicted octanol–water partition coefficient (Wildman–Crippen LogP) is 4.73. The van der Waals surface area contributed by atoms with Crippen LogP contribution >= 0.6 is 12.4 Å². The summed E-state index contributed by atoms with van der Waals surface area (Å²) in [5, 5.41) is 0. The summed E-state index contributed by atoms with van der Waals surface area (Å²) in [6.07, 6.45) is -3.96. The molecule has 0 amide bonds. The van der Waals surface area contributed by atoms with Crippen molar-refractivity contribution in [1.82, 2.24) is 4.90 Å². The first kappa shape index (κ1) is 21.2. The summed E-state index contributed by atoms with van der Waals surface area (Å²) < 4.78 is 38.6. The molecule has 0 fully saturated rings. The van der Waals surface area contributed by atoms with Gasteiger partial charge in [-0.15, -0.1) is 12.4 Å². The van der Waals surface area contributed by atoms with Gasteiger partial charge in [-0.2, -0.15) is 13.2 Å². The van der Waals surface area contributed by atoms with Gasteiger partial charge in [0.2, 0.25) is 0 Å². The van der Waals surface area contributed by atoms with E-state index in [2.05, 4.69) is 0 Å². The molecule has 0 aliphatic heterocycles. The number of carbonyl (C=O) groups excluding carboxylic acids is 1. The van der Waals surface area contributed by atoms with Crippen LogP contribution in [0.4, 0.5) is 13.2 Å². The fraction of sp³-hybridized carbons (Fsp3) is 0.316. The van der Waals surface area contributed by atoms with Crippen molar-refractivity contribution in [3.05, 3.63) is 71.3 Å². The third-order valence-corrected chi connectivity index (χ3v) is 3.76. The summed E-state index contributed by atoms with van der Waals surface area (Å²) in [6, 6.07) is 14.2. The van der Waals surface area contributed by atoms with E-state index in [9.17, 15) is 18.0 Å². The first-order valence-electron chi connectivity index (χ1n) is 7.67. The summed E-state index contributed by atoms with van der Waals surface area (Å²) in [4.78, 5) is 14.6. The highest BCUT2D eigenvalue weighted by Gasteiger charge is 2.31. The van der Waals surface area contributed by atoms with Crippen LogP contribution in [-0.2, 0) is 12.6 Å². The van der Waals surface area contributed by atoms with Crippen molar-refractivity contribution in [3.63, 3.8) is 0 Å². The monoisotopic (exact) mass is 371 g/mol. The predicted molar refractivity (Wildman–Crippen MR) is 95.2 cm³/mol. The molecule has 2 rings (SSSR count). The Hall–Kier alpha value is -1.85. The van der Waals surface area contributed by atoms with E-state index in [1.54, 1.807) is 0 Å². The molecule has 2 nitrogen and oxygen atoms in total. The lowest BCUT2D eigenvalue weighted by Gasteiger charge is -2.20. The van der Waals surface area contributed by atoms with Crippen molar-refractivity contribution >= 4 is 18.2 Å². The molecule has 0 N–H and O–H groups in total. The van der Waals surface area contributed by atoms with Crippen molar-refractivity contribution in [1.29, 1.82) is 0 Å². The molecule has 0 aliphatic rings. The van der Waals surface area contributed by atoms with Crippen LogP contribution in [0.2, 0.25) is 0 Å². The van der Waals surface area contributed by atoms with Gasteiger partial charge in [-0.25, -0.2) is 0 Å². The number of alkyl halides is 3. The molecule has 0 bridgehead atoms. The van der Waals surface area contributed by atoms with Gasteiger partial charge in [0.05, 0.1) is 5.56 Å². The standard InChI is InChI=1S/C19H20F3NO.ClH/c1-23(2)13-16(11-14-7-4-3-5-8-14)18(24)15-9-6-10-17(12-15)19(20,21)22;/h3-10,12,16H,11,13H2,1-2H3;1H/t16-;/m0./s1. The summed E-state index contributed by atoms with van der Waals surface area (Å²) in [6.45, 7) is 0.476. The molecule has 0 saturated heterocycles. The number of carbonyl (C=O) groups is 1. The fourth-order valence-electron chi connectivity index (χ4n) is 2.66. The zero-order valence-corrected chi connectivity index (χ0v) is 14.9. The molecule has 0 heterocycles. The average Bonchev–Trinajstić information content (AvgIpc) is 2.53. The van der Waals surface area contributed by atoms with Crippen molar-refractivity contribution in [2.75, 3.05) is 20.6 Å². The molecule has 0 saturated carbocycles. The number of nitrogens with zero attached hydrogens (tertiary/aromatic N) is 1. The van der Waals surface area contributed by atoms with E-state index in [1.165, 1.54) is 12.1 Å². The topological polar surface area (TPSA) is 20.3 Å². The maximum atomic E-state index is 12.9. The third-order valence-electron chi connectivity index (χ3n) is 3.76. The normalized spacial score (nSPS) is 12.6. The second-order valence-electron chi connectivity index (χ2n) is 6.09. The minimum atomic E-state index is -4.45. The number of hydrogen-bond acceptors (Lipinski definition) is 2. The Morgan fingerprint density at radius 2 is 1.68 bits per heavy atom. The molecule has 136 valence electrons. The first-order chi connectivity index (χ1) is 11.3. The van der Waals surface area contributed by atoms with E-state index >= 15 is 0 Å². The second-order valence-corrected chi connectivity index (χ2v) is 6.09. The Morgan fingerprint density at radius 1 is 1.04 bits per heavy atom. The van der Waals surface area contributed by atoms with E-state index < -0.39 is 17.7 Å². The van der Waals surface area contributed by atoms with Crippen molar-refractivity contribution in [2.45, 2.75) is 12.6 Å². The second kappa shape index (κ2) is 9.02. The lowest BCUT2D eigenvalue weighted by Crippen LogP contribution is -2.30. The molecule has 2 aromatic carbocycles. The number of halogens is 4. The fourth-order valence-corrected chi connectivity index (χ4v) is 2.66. The maximum absolute atomic E-state index is 12.9. The number of Topliss-reactive ketones (excluding diaryl/α,β-unsaturated/α-hetero) is 1. The van der Waals surface area contributed by atoms with Gasteiger partial charge in [0.15, 0.2) is 5.78 Å². The van der Waals surface area contributed by atoms with E-state index in [-0.39, 0.29) is 23.8 Å². The van der Waals surface area contributed by atoms with Crippen LogP contribution in [0.1, 0.15) is 21.5 Å². The highest BCUT2D eigenvalue weighted by molar-refractivity contribution is 5.98. The Balaban J connectivity index is 0.00000312. The minimum Gasteiger partial charge on any atom is -0.309 e. The van der Waals surface area contributed by atoms with Gasteiger partial charge in [0.1, 0.15) is 0 Å². The quantitative estimate of drug-likeness (QED) is 0.684. The molecular formula is C19H21ClF3NO. The maximum Gasteiger partial charge on any atom is 0.416 e. The molecule has 0 unspecified atom stereocenters. The van der Waals surface area contributed by atoms with Gasteiger partial charge in [0.25, 0.3) is 0 Å². The Bertz CT molecular complexity index is 687. The lowest BCUT2D eigenvalue weighted by molar-refractivity contribution is -0.137. The average molecular weight is 372 g/mol. The SMILES string of the molecule is CN(C)C[C@H](Cc1ccccc1)C(=O)c1cccc(C(F)(F)F)c1.Cl. The smallest absolute Gasteiger partial charge is 0.309 e. The number of ketones is 1. The number of hydrogen-bond donors (Lipinski definition) is 0. The molecule has 0 aliphatic carbocycles. The van der Waals surface area contributed by atoms with Gasteiger partial charge in [-0.1, -0.05) is 42.5 Å². The number of rotatable bonds is 6. The molecule has 2 aromatic rings. The van der Waals surface area contributed by atoms with Crippen LogP contribution in [0.15, 0.2) is 54.6 Å². The Kier molecular flexibility index (Phi) is 7.64. The summed E-state index contributed by atoms with van der Waals surface area (Å²) >= 11 is 0. The van der Waals surface area contributed by atoms with E-state index in [0.29, 0.717) is 13.0 Å². The molecular weight excluding hydrogens is 351 g/mol. The van der Waals surface area contributed by atoms with Gasteiger partial charge < -0.3 is 4.90 Å². The van der Waals surface area contributed by atoms with Crippen LogP contribution < -0.4 is 0 Å². The Morgan fingerprint density at radius 3 is 2.24 bits per heavy atom. The summed E-state index contributed by atoms with van der Waals surface area (Å²) in [5.41, 5.74) is 0.300. The van der Waals surface area contributed by atoms with Gasteiger partial charge >= 0.3 is 6.18 Å². The highest BCUT2D eigenvalue weighted by Crippen LogP contribution is 2.30. The summed E-state index contributed by atoms with van der Waals surface area (Å²) in [7, 11) is 3.69. The molecule has 0 radical (unpaired) electrons. The zero-order chi connectivity index (χ0) is 17.7. The van der Waals surface area contributed by atoms with Crippen LogP contribution in [0.3, 0.4) is 0 Å². The van der Waals surface area contributed by atoms with Gasteiger partial charge in [-0.3, -0.25) is 4.79 Å². The zero-order valence-electron chi connectivity index (χ0n) is 14.1. The van der Waals surface area contributed by atoms with E-state index in [4.69, 9.17) is 0 Å². The van der Waals surface area contributed by atoms with Crippen molar-refractivity contribution < 1.29 is 18.0 Å². The van der Waals surface area contributed by atoms with Crippen LogP contribution in [0, 0.1) is 5.92 Å².